The largest absolute Gasteiger partial charge is 0.309 e. The van der Waals surface area contributed by atoms with Gasteiger partial charge in [0.15, 0.2) is 12.0 Å². The fourth-order valence-electron chi connectivity index (χ4n) is 3.46. The number of fused-ring (bicyclic) bond motifs is 1. The molecule has 2 aromatic carbocycles. The van der Waals surface area contributed by atoms with Gasteiger partial charge in [-0.1, -0.05) is 36.4 Å². The molecule has 0 unspecified atom stereocenters. The van der Waals surface area contributed by atoms with Crippen molar-refractivity contribution in [2.75, 3.05) is 0 Å². The number of hydrogen-bond acceptors (Lipinski definition) is 2. The van der Waals surface area contributed by atoms with Crippen molar-refractivity contribution in [1.29, 1.82) is 0 Å². The van der Waals surface area contributed by atoms with Crippen molar-refractivity contribution >= 4 is 11.3 Å². The lowest BCUT2D eigenvalue weighted by atomic mass is 10.1. The predicted octanol–water partition coefficient (Wildman–Crippen LogP) is 3.73. The second-order valence-electron chi connectivity index (χ2n) is 6.46. The van der Waals surface area contributed by atoms with Crippen LogP contribution in [-0.4, -0.2) is 14.5 Å². The molecule has 2 aromatic heterocycles. The van der Waals surface area contributed by atoms with Gasteiger partial charge in [-0.25, -0.2) is 0 Å². The summed E-state index contributed by atoms with van der Waals surface area (Å²) in [5.41, 5.74) is 8.58. The van der Waals surface area contributed by atoms with E-state index in [0.29, 0.717) is 0 Å². The summed E-state index contributed by atoms with van der Waals surface area (Å²) in [7, 11) is 0. The van der Waals surface area contributed by atoms with Gasteiger partial charge in [0.05, 0.1) is 6.20 Å². The Labute approximate surface area is 147 Å². The van der Waals surface area contributed by atoms with E-state index in [9.17, 15) is 0 Å². The van der Waals surface area contributed by atoms with Crippen LogP contribution in [0.3, 0.4) is 0 Å². The van der Waals surface area contributed by atoms with Crippen LogP contribution in [0, 0.1) is 34.0 Å². The van der Waals surface area contributed by atoms with Crippen LogP contribution in [0.25, 0.3) is 22.7 Å². The van der Waals surface area contributed by atoms with Gasteiger partial charge in [0.25, 0.3) is 0 Å². The average molecular weight is 328 g/mol. The van der Waals surface area contributed by atoms with E-state index in [2.05, 4.69) is 80.4 Å². The van der Waals surface area contributed by atoms with Crippen LogP contribution < -0.4 is 4.57 Å². The Bertz CT molecular complexity index is 966. The number of rotatable bonds is 2. The summed E-state index contributed by atoms with van der Waals surface area (Å²) >= 11 is 0. The zero-order chi connectivity index (χ0) is 17.6. The molecule has 0 amide bonds. The van der Waals surface area contributed by atoms with Crippen LogP contribution in [-0.2, 0) is 0 Å². The summed E-state index contributed by atoms with van der Waals surface area (Å²) in [4.78, 5) is 9.19. The number of aromatic nitrogens is 4. The van der Waals surface area contributed by atoms with Gasteiger partial charge < -0.3 is 4.57 Å². The highest BCUT2D eigenvalue weighted by molar-refractivity contribution is 5.67. The van der Waals surface area contributed by atoms with Crippen LogP contribution in [0.1, 0.15) is 22.3 Å². The van der Waals surface area contributed by atoms with Crippen molar-refractivity contribution in [1.82, 2.24) is 14.5 Å². The minimum absolute atomic E-state index is 0.808. The van der Waals surface area contributed by atoms with Gasteiger partial charge in [0.2, 0.25) is 5.65 Å². The van der Waals surface area contributed by atoms with Gasteiger partial charge in [0.1, 0.15) is 6.20 Å². The molecular formula is C21H20N4. The summed E-state index contributed by atoms with van der Waals surface area (Å²) in [6.07, 6.45) is 6.96. The van der Waals surface area contributed by atoms with E-state index >= 15 is 0 Å². The highest BCUT2D eigenvalue weighted by Gasteiger charge is 2.17. The fraction of sp³-hybridized carbons (Fsp3) is 0.190. The maximum absolute atomic E-state index is 4.59. The molecule has 0 saturated carbocycles. The highest BCUT2D eigenvalue weighted by atomic mass is 15.2. The van der Waals surface area contributed by atoms with E-state index in [1.807, 2.05) is 9.13 Å². The first-order valence-corrected chi connectivity index (χ1v) is 8.38. The average Bonchev–Trinajstić information content (AvgIpc) is 2.94. The Morgan fingerprint density at radius 1 is 0.800 bits per heavy atom. The van der Waals surface area contributed by atoms with E-state index in [1.165, 1.54) is 22.3 Å². The molecule has 0 atom stereocenters. The molecule has 0 fully saturated rings. The normalized spacial score (nSPS) is 11.2. The van der Waals surface area contributed by atoms with Crippen molar-refractivity contribution in [3.8, 4) is 11.4 Å². The molecule has 4 aromatic rings. The zero-order valence-corrected chi connectivity index (χ0v) is 14.9. The standard InChI is InChI=1S/C21H20N4/c1-14-7-5-8-15(2)18(14)24-13-25(21-20(24)22-11-12-23-21)19-16(3)9-6-10-17(19)4/h5-12H,1-4H3. The quantitative estimate of drug-likeness (QED) is 0.415. The summed E-state index contributed by atoms with van der Waals surface area (Å²) in [5, 5.41) is 0. The third-order valence-electron chi connectivity index (χ3n) is 4.61. The predicted molar refractivity (Wildman–Crippen MR) is 98.2 cm³/mol. The van der Waals surface area contributed by atoms with Crippen molar-refractivity contribution in [3.63, 3.8) is 0 Å². The van der Waals surface area contributed by atoms with Gasteiger partial charge in [-0.15, -0.1) is 0 Å². The third-order valence-corrected chi connectivity index (χ3v) is 4.61. The SMILES string of the molecule is Cc1cccc(C)c1-n1[c-][n+](-c2c(C)cccc2C)c2nccnc21. The molecule has 0 aliphatic heterocycles. The van der Waals surface area contributed by atoms with Crippen molar-refractivity contribution in [2.24, 2.45) is 0 Å². The summed E-state index contributed by atoms with van der Waals surface area (Å²) in [5.74, 6) is 0. The van der Waals surface area contributed by atoms with E-state index in [-0.39, 0.29) is 0 Å². The van der Waals surface area contributed by atoms with E-state index in [4.69, 9.17) is 0 Å². The summed E-state index contributed by atoms with van der Waals surface area (Å²) in [6, 6.07) is 12.6. The minimum atomic E-state index is 0.808. The Hall–Kier alpha value is -3.01. The van der Waals surface area contributed by atoms with Gasteiger partial charge >= 0.3 is 0 Å². The lowest BCUT2D eigenvalue weighted by Gasteiger charge is -2.12. The molecule has 4 nitrogen and oxygen atoms in total. The minimum Gasteiger partial charge on any atom is -0.309 e. The van der Waals surface area contributed by atoms with Gasteiger partial charge in [-0.3, -0.25) is 9.55 Å². The summed E-state index contributed by atoms with van der Waals surface area (Å²) in [6.45, 7) is 8.45. The van der Waals surface area contributed by atoms with Crippen LogP contribution in [0.5, 0.6) is 0 Å². The van der Waals surface area contributed by atoms with Crippen LogP contribution in [0.15, 0.2) is 48.8 Å². The smallest absolute Gasteiger partial charge is 0.227 e. The monoisotopic (exact) mass is 328 g/mol. The third kappa shape index (κ3) is 2.41. The van der Waals surface area contributed by atoms with Crippen LogP contribution in [0.2, 0.25) is 0 Å². The molecule has 0 N–H and O–H groups in total. The highest BCUT2D eigenvalue weighted by Crippen LogP contribution is 2.23. The van der Waals surface area contributed by atoms with Crippen molar-refractivity contribution in [3.05, 3.63) is 77.4 Å². The van der Waals surface area contributed by atoms with Gasteiger partial charge in [-0.05, 0) is 49.9 Å². The molecule has 0 aliphatic rings. The number of benzene rings is 2. The molecule has 4 rings (SSSR count). The number of nitrogens with zero attached hydrogens (tertiary/aromatic N) is 4. The Balaban J connectivity index is 2.10. The topological polar surface area (TPSA) is 34.6 Å². The Morgan fingerprint density at radius 3 is 2.00 bits per heavy atom. The number of hydrogen-bond donors (Lipinski definition) is 0. The number of para-hydroxylation sites is 2. The second-order valence-corrected chi connectivity index (χ2v) is 6.46. The molecule has 0 spiro atoms. The first-order valence-electron chi connectivity index (χ1n) is 8.38. The zero-order valence-electron chi connectivity index (χ0n) is 14.9. The van der Waals surface area contributed by atoms with Crippen molar-refractivity contribution < 1.29 is 4.57 Å². The van der Waals surface area contributed by atoms with Gasteiger partial charge in [0, 0.05) is 11.4 Å². The molecule has 0 radical (unpaired) electrons. The molecule has 0 aliphatic carbocycles. The number of aryl methyl sites for hydroxylation is 4. The van der Waals surface area contributed by atoms with E-state index in [1.54, 1.807) is 12.4 Å². The molecule has 4 heteroatoms. The molecule has 2 heterocycles. The molecule has 0 bridgehead atoms. The Morgan fingerprint density at radius 2 is 1.36 bits per heavy atom. The lowest BCUT2D eigenvalue weighted by molar-refractivity contribution is -0.575. The first kappa shape index (κ1) is 15.5. The van der Waals surface area contributed by atoms with Gasteiger partial charge in [-0.2, -0.15) is 4.98 Å². The Kier molecular flexibility index (Phi) is 3.61. The van der Waals surface area contributed by atoms with Crippen LogP contribution >= 0.6 is 0 Å². The molecular weight excluding hydrogens is 308 g/mol. The maximum atomic E-state index is 4.59. The van der Waals surface area contributed by atoms with Crippen molar-refractivity contribution in [2.45, 2.75) is 27.7 Å². The first-order chi connectivity index (χ1) is 12.1. The molecule has 124 valence electrons. The van der Waals surface area contributed by atoms with E-state index in [0.717, 1.165) is 22.7 Å². The molecule has 0 saturated heterocycles. The maximum Gasteiger partial charge on any atom is 0.227 e. The summed E-state index contributed by atoms with van der Waals surface area (Å²) < 4.78 is 4.05. The van der Waals surface area contributed by atoms with Crippen LogP contribution in [0.4, 0.5) is 0 Å². The molecule has 25 heavy (non-hydrogen) atoms. The lowest BCUT2D eigenvalue weighted by Crippen LogP contribution is -2.32. The van der Waals surface area contributed by atoms with E-state index < -0.39 is 0 Å². The fourth-order valence-corrected chi connectivity index (χ4v) is 3.46. The number of imidazole rings is 1. The second kappa shape index (κ2) is 5.81.